The highest BCUT2D eigenvalue weighted by Crippen LogP contribution is 2.25. The molecule has 3 rings (SSSR count). The fourth-order valence-electron chi connectivity index (χ4n) is 2.53. The van der Waals surface area contributed by atoms with E-state index in [1.165, 1.54) is 28.4 Å². The second kappa shape index (κ2) is 7.97. The maximum atomic E-state index is 14.5. The van der Waals surface area contributed by atoms with Gasteiger partial charge >= 0.3 is 6.09 Å². The van der Waals surface area contributed by atoms with Crippen molar-refractivity contribution in [3.8, 4) is 0 Å². The minimum atomic E-state index is -0.734. The van der Waals surface area contributed by atoms with Crippen molar-refractivity contribution in [1.82, 2.24) is 10.3 Å². The van der Waals surface area contributed by atoms with Gasteiger partial charge in [0.1, 0.15) is 11.9 Å². The van der Waals surface area contributed by atoms with Crippen LogP contribution >= 0.6 is 23.6 Å². The molecule has 0 radical (unpaired) electrons. The molecular weight excluding hydrogens is 391 g/mol. The number of hydrogen-bond acceptors (Lipinski definition) is 6. The Bertz CT molecular complexity index is 902. The predicted octanol–water partition coefficient (Wildman–Crippen LogP) is 3.11. The first-order valence-corrected chi connectivity index (χ1v) is 9.32. The van der Waals surface area contributed by atoms with E-state index in [4.69, 9.17) is 17.0 Å². The van der Waals surface area contributed by atoms with Crippen LogP contribution in [-0.2, 0) is 4.74 Å². The van der Waals surface area contributed by atoms with Gasteiger partial charge in [-0.25, -0.2) is 14.2 Å². The molecule has 0 saturated carbocycles. The van der Waals surface area contributed by atoms with Gasteiger partial charge in [-0.05, 0) is 32.0 Å². The van der Waals surface area contributed by atoms with Gasteiger partial charge in [0.15, 0.2) is 5.13 Å². The molecule has 7 nitrogen and oxygen atoms in total. The molecule has 2 amide bonds. The van der Waals surface area contributed by atoms with E-state index in [1.807, 2.05) is 6.92 Å². The molecule has 1 aliphatic heterocycles. The monoisotopic (exact) mass is 408 g/mol. The molecule has 1 unspecified atom stereocenters. The van der Waals surface area contributed by atoms with Gasteiger partial charge in [-0.2, -0.15) is 0 Å². The van der Waals surface area contributed by atoms with Gasteiger partial charge in [0, 0.05) is 11.1 Å². The number of ether oxygens (including phenoxy) is 1. The average Bonchev–Trinajstić information content (AvgIpc) is 3.18. The fourth-order valence-corrected chi connectivity index (χ4v) is 3.27. The van der Waals surface area contributed by atoms with Crippen molar-refractivity contribution in [2.45, 2.75) is 20.0 Å². The molecule has 10 heteroatoms. The van der Waals surface area contributed by atoms with E-state index in [0.717, 1.165) is 10.9 Å². The number of rotatable bonds is 5. The molecule has 2 aromatic rings. The molecule has 0 bridgehead atoms. The molecule has 1 aliphatic rings. The number of aromatic nitrogens is 1. The first kappa shape index (κ1) is 19.2. The van der Waals surface area contributed by atoms with E-state index in [-0.39, 0.29) is 12.1 Å². The number of carbonyl (C=O) groups excluding carboxylic acids is 2. The van der Waals surface area contributed by atoms with Crippen LogP contribution in [0.4, 0.5) is 20.0 Å². The first-order chi connectivity index (χ1) is 12.8. The summed E-state index contributed by atoms with van der Waals surface area (Å²) in [6, 6.07) is 3.98. The number of thiocarbonyl (C=S) groups is 1. The van der Waals surface area contributed by atoms with Crippen molar-refractivity contribution in [2.75, 3.05) is 23.3 Å². The summed E-state index contributed by atoms with van der Waals surface area (Å²) in [5, 5.41) is 5.89. The molecule has 2 N–H and O–H groups in total. The topological polar surface area (TPSA) is 83.6 Å². The maximum Gasteiger partial charge on any atom is 0.414 e. The molecule has 1 atom stereocenters. The van der Waals surface area contributed by atoms with Gasteiger partial charge in [0.05, 0.1) is 29.3 Å². The second-order valence-corrected chi connectivity index (χ2v) is 7.79. The highest BCUT2D eigenvalue weighted by Gasteiger charge is 2.32. The van der Waals surface area contributed by atoms with Gasteiger partial charge in [-0.15, -0.1) is 11.3 Å². The van der Waals surface area contributed by atoms with Gasteiger partial charge in [-0.1, -0.05) is 12.2 Å². The number of thiazole rings is 1. The van der Waals surface area contributed by atoms with Crippen LogP contribution in [0.1, 0.15) is 22.2 Å². The molecular formula is C17H17FN4O3S2. The van der Waals surface area contributed by atoms with E-state index >= 15 is 0 Å². The Balaban J connectivity index is 1.70. The number of benzene rings is 1. The minimum Gasteiger partial charge on any atom is -0.442 e. The molecule has 0 spiro atoms. The summed E-state index contributed by atoms with van der Waals surface area (Å²) in [6.07, 6.45) is 0.656. The summed E-state index contributed by atoms with van der Waals surface area (Å²) < 4.78 is 19.7. The Morgan fingerprint density at radius 1 is 1.52 bits per heavy atom. The largest absolute Gasteiger partial charge is 0.442 e. The number of nitrogens with one attached hydrogen (secondary N) is 2. The smallest absolute Gasteiger partial charge is 0.414 e. The molecule has 1 fully saturated rings. The van der Waals surface area contributed by atoms with Crippen molar-refractivity contribution in [3.63, 3.8) is 0 Å². The zero-order valence-corrected chi connectivity index (χ0v) is 16.2. The summed E-state index contributed by atoms with van der Waals surface area (Å²) >= 11 is 6.23. The molecule has 1 aromatic carbocycles. The molecule has 27 heavy (non-hydrogen) atoms. The Hall–Kier alpha value is -2.59. The van der Waals surface area contributed by atoms with Gasteiger partial charge in [0.2, 0.25) is 0 Å². The van der Waals surface area contributed by atoms with Crippen LogP contribution < -0.4 is 15.5 Å². The average molecular weight is 408 g/mol. The number of halogens is 1. The number of amides is 2. The summed E-state index contributed by atoms with van der Waals surface area (Å²) in [6.45, 7) is 4.23. The van der Waals surface area contributed by atoms with Crippen molar-refractivity contribution < 1.29 is 18.7 Å². The van der Waals surface area contributed by atoms with E-state index in [2.05, 4.69) is 15.6 Å². The zero-order chi connectivity index (χ0) is 19.6. The van der Waals surface area contributed by atoms with Crippen molar-refractivity contribution in [1.29, 1.82) is 0 Å². The lowest BCUT2D eigenvalue weighted by atomic mass is 10.1. The van der Waals surface area contributed by atoms with Crippen LogP contribution in [0.2, 0.25) is 0 Å². The zero-order valence-electron chi connectivity index (χ0n) is 14.6. The fraction of sp³-hybridized carbons (Fsp3) is 0.294. The summed E-state index contributed by atoms with van der Waals surface area (Å²) in [5.41, 5.74) is 0.189. The maximum absolute atomic E-state index is 14.5. The Morgan fingerprint density at radius 2 is 2.30 bits per heavy atom. The van der Waals surface area contributed by atoms with Gasteiger partial charge in [-0.3, -0.25) is 15.0 Å². The van der Waals surface area contributed by atoms with E-state index in [0.29, 0.717) is 22.4 Å². The number of cyclic esters (lactones) is 1. The third kappa shape index (κ3) is 4.58. The third-order valence-corrected chi connectivity index (χ3v) is 4.78. The summed E-state index contributed by atoms with van der Waals surface area (Å²) in [7, 11) is 0. The standard InChI is InChI=1S/C17H17FN4O3S2/c1-9-6-20-16(27-9)21-15(23)13-4-3-11(5-14(13)18)22-8-12(25-17(22)24)7-19-10(2)26/h3-6,12H,7-8H2,1-2H3,(H,19,26)(H,20,21,23). The molecule has 142 valence electrons. The lowest BCUT2D eigenvalue weighted by Gasteiger charge is -2.14. The molecule has 1 saturated heterocycles. The minimum absolute atomic E-state index is 0.131. The third-order valence-electron chi connectivity index (χ3n) is 3.80. The Kier molecular flexibility index (Phi) is 5.66. The van der Waals surface area contributed by atoms with Crippen LogP contribution in [0, 0.1) is 12.7 Å². The van der Waals surface area contributed by atoms with Crippen molar-refractivity contribution >= 4 is 51.4 Å². The first-order valence-electron chi connectivity index (χ1n) is 8.09. The highest BCUT2D eigenvalue weighted by atomic mass is 32.1. The van der Waals surface area contributed by atoms with E-state index < -0.39 is 23.9 Å². The normalized spacial score (nSPS) is 16.2. The van der Waals surface area contributed by atoms with Gasteiger partial charge < -0.3 is 10.1 Å². The molecule has 0 aliphatic carbocycles. The second-order valence-electron chi connectivity index (χ2n) is 5.95. The van der Waals surface area contributed by atoms with Gasteiger partial charge in [0.25, 0.3) is 5.91 Å². The Morgan fingerprint density at radius 3 is 2.93 bits per heavy atom. The van der Waals surface area contributed by atoms with Crippen LogP contribution in [0.5, 0.6) is 0 Å². The number of nitrogens with zero attached hydrogens (tertiary/aromatic N) is 2. The Labute approximate surface area is 164 Å². The van der Waals surface area contributed by atoms with E-state index in [1.54, 1.807) is 13.1 Å². The molecule has 2 heterocycles. The van der Waals surface area contributed by atoms with Crippen LogP contribution in [-0.4, -0.2) is 41.2 Å². The lowest BCUT2D eigenvalue weighted by Crippen LogP contribution is -2.32. The number of anilines is 2. The summed E-state index contributed by atoms with van der Waals surface area (Å²) in [5.74, 6) is -1.33. The lowest BCUT2D eigenvalue weighted by molar-refractivity contribution is 0.102. The van der Waals surface area contributed by atoms with Crippen LogP contribution in [0.25, 0.3) is 0 Å². The number of carbonyl (C=O) groups is 2. The SMILES string of the molecule is CC(=S)NCC1CN(c2ccc(C(=O)Nc3ncc(C)s3)c(F)c2)C(=O)O1. The van der Waals surface area contributed by atoms with E-state index in [9.17, 15) is 14.0 Å². The highest BCUT2D eigenvalue weighted by molar-refractivity contribution is 7.80. The predicted molar refractivity (Wildman–Crippen MR) is 105 cm³/mol. The number of aryl methyl sites for hydroxylation is 1. The summed E-state index contributed by atoms with van der Waals surface area (Å²) in [4.78, 5) is 31.1. The number of hydrogen-bond donors (Lipinski definition) is 2. The van der Waals surface area contributed by atoms with Crippen molar-refractivity contribution in [2.24, 2.45) is 0 Å². The van der Waals surface area contributed by atoms with Crippen molar-refractivity contribution in [3.05, 3.63) is 40.7 Å². The van der Waals surface area contributed by atoms with Crippen LogP contribution in [0.15, 0.2) is 24.4 Å². The van der Waals surface area contributed by atoms with Crippen LogP contribution in [0.3, 0.4) is 0 Å². The quantitative estimate of drug-likeness (QED) is 0.740. The molecule has 1 aromatic heterocycles.